The number of nitrogens with one attached hydrogen (secondary N) is 2. The van der Waals surface area contributed by atoms with Crippen molar-refractivity contribution in [3.8, 4) is 22.6 Å². The minimum absolute atomic E-state index is 0.0205. The minimum atomic E-state index is 0.0205. The molecule has 0 aliphatic carbocycles. The highest BCUT2D eigenvalue weighted by molar-refractivity contribution is 5.93. The quantitative estimate of drug-likeness (QED) is 0.562. The first-order valence-corrected chi connectivity index (χ1v) is 9.51. The van der Waals surface area contributed by atoms with Gasteiger partial charge in [-0.3, -0.25) is 19.9 Å². The van der Waals surface area contributed by atoms with Crippen LogP contribution in [0.15, 0.2) is 55.0 Å². The Hall–Kier alpha value is -3.81. The average molecular weight is 385 g/mol. The number of aromatic amines is 1. The molecule has 1 saturated heterocycles. The SMILES string of the molecule is O=C1CN(c2cccc(-c3n[nH]c4cnc(-c5cccnc5)cc34)n2)CCCN1. The number of pyridine rings is 3. The molecule has 0 bridgehead atoms. The number of carbonyl (C=O) groups is 1. The number of H-pyrrole nitrogens is 1. The Morgan fingerprint density at radius 2 is 2.03 bits per heavy atom. The van der Waals surface area contributed by atoms with Gasteiger partial charge in [0.1, 0.15) is 11.5 Å². The van der Waals surface area contributed by atoms with Gasteiger partial charge in [-0.05, 0) is 36.8 Å². The number of amides is 1. The largest absolute Gasteiger partial charge is 0.354 e. The maximum Gasteiger partial charge on any atom is 0.239 e. The fourth-order valence-corrected chi connectivity index (χ4v) is 3.52. The van der Waals surface area contributed by atoms with Crippen molar-refractivity contribution in [3.63, 3.8) is 0 Å². The fourth-order valence-electron chi connectivity index (χ4n) is 3.52. The molecule has 1 aliphatic heterocycles. The first-order valence-electron chi connectivity index (χ1n) is 9.51. The lowest BCUT2D eigenvalue weighted by molar-refractivity contribution is -0.119. The molecule has 1 amide bonds. The van der Waals surface area contributed by atoms with Crippen LogP contribution in [0, 0.1) is 0 Å². The topological polar surface area (TPSA) is 99.7 Å². The molecule has 0 spiro atoms. The van der Waals surface area contributed by atoms with Crippen molar-refractivity contribution in [3.05, 3.63) is 55.0 Å². The Morgan fingerprint density at radius 1 is 1.07 bits per heavy atom. The fraction of sp³-hybridized carbons (Fsp3) is 0.190. The van der Waals surface area contributed by atoms with Gasteiger partial charge in [0.25, 0.3) is 0 Å². The summed E-state index contributed by atoms with van der Waals surface area (Å²) in [5.74, 6) is 0.796. The number of nitrogens with zero attached hydrogens (tertiary/aromatic N) is 5. The van der Waals surface area contributed by atoms with E-state index in [1.54, 1.807) is 18.6 Å². The van der Waals surface area contributed by atoms with Crippen molar-refractivity contribution in [2.45, 2.75) is 6.42 Å². The maximum atomic E-state index is 11.9. The van der Waals surface area contributed by atoms with Crippen LogP contribution in [0.4, 0.5) is 5.82 Å². The molecule has 8 nitrogen and oxygen atoms in total. The molecule has 4 aromatic rings. The molecule has 8 heteroatoms. The first-order chi connectivity index (χ1) is 14.3. The molecular weight excluding hydrogens is 366 g/mol. The Morgan fingerprint density at radius 3 is 2.93 bits per heavy atom. The lowest BCUT2D eigenvalue weighted by atomic mass is 10.1. The van der Waals surface area contributed by atoms with Crippen LogP contribution in [0.1, 0.15) is 6.42 Å². The summed E-state index contributed by atoms with van der Waals surface area (Å²) in [6.45, 7) is 1.79. The summed E-state index contributed by atoms with van der Waals surface area (Å²) >= 11 is 0. The summed E-state index contributed by atoms with van der Waals surface area (Å²) in [7, 11) is 0. The molecule has 2 N–H and O–H groups in total. The number of hydrogen-bond acceptors (Lipinski definition) is 6. The second kappa shape index (κ2) is 7.31. The number of hydrogen-bond donors (Lipinski definition) is 2. The van der Waals surface area contributed by atoms with Gasteiger partial charge in [-0.15, -0.1) is 0 Å². The van der Waals surface area contributed by atoms with Crippen molar-refractivity contribution >= 4 is 22.6 Å². The van der Waals surface area contributed by atoms with Gasteiger partial charge in [-0.2, -0.15) is 5.10 Å². The van der Waals surface area contributed by atoms with Crippen molar-refractivity contribution < 1.29 is 4.79 Å². The third kappa shape index (κ3) is 3.40. The second-order valence-electron chi connectivity index (χ2n) is 6.94. The van der Waals surface area contributed by atoms with Crippen LogP contribution in [-0.2, 0) is 4.79 Å². The summed E-state index contributed by atoms with van der Waals surface area (Å²) in [4.78, 5) is 27.4. The van der Waals surface area contributed by atoms with Crippen molar-refractivity contribution in [2.75, 3.05) is 24.5 Å². The van der Waals surface area contributed by atoms with E-state index in [2.05, 4.69) is 25.5 Å². The summed E-state index contributed by atoms with van der Waals surface area (Å²) in [5, 5.41) is 11.4. The van der Waals surface area contributed by atoms with Crippen molar-refractivity contribution in [1.82, 2.24) is 30.5 Å². The molecular formula is C21H19N7O. The van der Waals surface area contributed by atoms with Gasteiger partial charge in [0.2, 0.25) is 5.91 Å². The van der Waals surface area contributed by atoms with Gasteiger partial charge in [0.15, 0.2) is 0 Å². The average Bonchev–Trinajstić information content (AvgIpc) is 3.07. The normalized spacial score (nSPS) is 14.6. The Bertz CT molecular complexity index is 1170. The number of anilines is 1. The highest BCUT2D eigenvalue weighted by Crippen LogP contribution is 2.29. The molecule has 4 aromatic heterocycles. The molecule has 1 aliphatic rings. The monoisotopic (exact) mass is 385 g/mol. The summed E-state index contributed by atoms with van der Waals surface area (Å²) in [6, 6.07) is 11.7. The number of fused-ring (bicyclic) bond motifs is 1. The van der Waals surface area contributed by atoms with E-state index < -0.39 is 0 Å². The van der Waals surface area contributed by atoms with Gasteiger partial charge < -0.3 is 10.2 Å². The summed E-state index contributed by atoms with van der Waals surface area (Å²) in [5.41, 5.74) is 4.12. The van der Waals surface area contributed by atoms with Crippen molar-refractivity contribution in [1.29, 1.82) is 0 Å². The highest BCUT2D eigenvalue weighted by Gasteiger charge is 2.18. The number of rotatable bonds is 3. The second-order valence-corrected chi connectivity index (χ2v) is 6.94. The lowest BCUT2D eigenvalue weighted by Gasteiger charge is -2.20. The molecule has 144 valence electrons. The maximum absolute atomic E-state index is 11.9. The first kappa shape index (κ1) is 17.3. The molecule has 29 heavy (non-hydrogen) atoms. The van der Waals surface area contributed by atoms with Crippen LogP contribution >= 0.6 is 0 Å². The third-order valence-corrected chi connectivity index (χ3v) is 4.97. The lowest BCUT2D eigenvalue weighted by Crippen LogP contribution is -2.33. The van der Waals surface area contributed by atoms with Gasteiger partial charge in [0.05, 0.1) is 29.6 Å². The predicted molar refractivity (Wildman–Crippen MR) is 110 cm³/mol. The van der Waals surface area contributed by atoms with Crippen LogP contribution < -0.4 is 10.2 Å². The van der Waals surface area contributed by atoms with Crippen LogP contribution in [0.5, 0.6) is 0 Å². The van der Waals surface area contributed by atoms with Crippen molar-refractivity contribution in [2.24, 2.45) is 0 Å². The van der Waals surface area contributed by atoms with E-state index in [1.807, 2.05) is 41.3 Å². The van der Waals surface area contributed by atoms with E-state index in [0.717, 1.165) is 52.3 Å². The Balaban J connectivity index is 1.55. The van der Waals surface area contributed by atoms with E-state index in [4.69, 9.17) is 4.98 Å². The van der Waals surface area contributed by atoms with Gasteiger partial charge >= 0.3 is 0 Å². The zero-order chi connectivity index (χ0) is 19.6. The Kier molecular flexibility index (Phi) is 4.36. The molecule has 5 heterocycles. The molecule has 0 radical (unpaired) electrons. The van der Waals surface area contributed by atoms with E-state index >= 15 is 0 Å². The standard InChI is InChI=1S/C21H19N7O/c29-20-13-28(9-3-8-23-20)19-6-1-5-16(25-19)21-15-10-17(14-4-2-7-22-11-14)24-12-18(15)26-27-21/h1-2,4-7,10-12H,3,8-9,13H2,(H,23,29)(H,26,27). The molecule has 5 rings (SSSR count). The van der Waals surface area contributed by atoms with Crippen LogP contribution in [0.25, 0.3) is 33.5 Å². The number of carbonyl (C=O) groups excluding carboxylic acids is 1. The zero-order valence-corrected chi connectivity index (χ0v) is 15.7. The van der Waals surface area contributed by atoms with Crippen LogP contribution in [0.2, 0.25) is 0 Å². The van der Waals surface area contributed by atoms with E-state index in [-0.39, 0.29) is 5.91 Å². The predicted octanol–water partition coefficient (Wildman–Crippen LogP) is 2.41. The molecule has 1 fully saturated rings. The molecule has 0 saturated carbocycles. The summed E-state index contributed by atoms with van der Waals surface area (Å²) in [6.07, 6.45) is 6.20. The van der Waals surface area contributed by atoms with Gasteiger partial charge in [-0.25, -0.2) is 4.98 Å². The zero-order valence-electron chi connectivity index (χ0n) is 15.7. The van der Waals surface area contributed by atoms with Gasteiger partial charge in [-0.1, -0.05) is 6.07 Å². The van der Waals surface area contributed by atoms with E-state index in [0.29, 0.717) is 13.1 Å². The van der Waals surface area contributed by atoms with Crippen LogP contribution in [-0.4, -0.2) is 50.7 Å². The number of aromatic nitrogens is 5. The molecule has 0 unspecified atom stereocenters. The van der Waals surface area contributed by atoms with E-state index in [1.165, 1.54) is 0 Å². The van der Waals surface area contributed by atoms with E-state index in [9.17, 15) is 4.79 Å². The molecule has 0 aromatic carbocycles. The minimum Gasteiger partial charge on any atom is -0.354 e. The molecule has 0 atom stereocenters. The van der Waals surface area contributed by atoms with Gasteiger partial charge in [0, 0.05) is 36.4 Å². The summed E-state index contributed by atoms with van der Waals surface area (Å²) < 4.78 is 0. The van der Waals surface area contributed by atoms with Crippen LogP contribution in [0.3, 0.4) is 0 Å². The highest BCUT2D eigenvalue weighted by atomic mass is 16.2. The smallest absolute Gasteiger partial charge is 0.239 e. The third-order valence-electron chi connectivity index (χ3n) is 4.97. The Labute approximate surface area is 167 Å².